The van der Waals surface area contributed by atoms with Gasteiger partial charge in [0.25, 0.3) is 5.91 Å². The Morgan fingerprint density at radius 2 is 2.36 bits per heavy atom. The van der Waals surface area contributed by atoms with Crippen molar-refractivity contribution < 1.29 is 14.3 Å². The molecule has 1 amide bonds. The number of aromatic nitrogens is 3. The molecule has 2 N–H and O–H groups in total. The first-order chi connectivity index (χ1) is 12.0. The Balaban J connectivity index is 1.89. The molecule has 1 unspecified atom stereocenters. The molecule has 1 aliphatic heterocycles. The Labute approximate surface area is 146 Å². The molecule has 1 atom stereocenters. The highest BCUT2D eigenvalue weighted by Crippen LogP contribution is 2.29. The van der Waals surface area contributed by atoms with E-state index in [9.17, 15) is 4.79 Å². The number of nitrogen functional groups attached to an aromatic ring is 1. The number of amides is 1. The van der Waals surface area contributed by atoms with Crippen molar-refractivity contribution in [2.24, 2.45) is 0 Å². The number of nitrogens with two attached hydrogens (primary N) is 1. The van der Waals surface area contributed by atoms with Crippen molar-refractivity contribution in [2.75, 3.05) is 32.5 Å². The van der Waals surface area contributed by atoms with E-state index < -0.39 is 0 Å². The van der Waals surface area contributed by atoms with E-state index in [-0.39, 0.29) is 12.0 Å². The van der Waals surface area contributed by atoms with Gasteiger partial charge in [0.05, 0.1) is 23.6 Å². The first-order valence-corrected chi connectivity index (χ1v) is 8.31. The molecule has 0 aliphatic carbocycles. The lowest BCUT2D eigenvalue weighted by atomic mass is 10.2. The Hall–Kier alpha value is -2.61. The number of carbonyl (C=O) groups is 1. The predicted molar refractivity (Wildman–Crippen MR) is 93.1 cm³/mol. The maximum Gasteiger partial charge on any atom is 0.255 e. The van der Waals surface area contributed by atoms with Crippen molar-refractivity contribution in [1.82, 2.24) is 19.5 Å². The highest BCUT2D eigenvalue weighted by Gasteiger charge is 2.24. The van der Waals surface area contributed by atoms with Crippen LogP contribution in [-0.4, -0.2) is 52.2 Å². The van der Waals surface area contributed by atoms with Crippen LogP contribution in [-0.2, 0) is 9.47 Å². The number of likely N-dealkylation sites (N-methyl/N-ethyl adjacent to an activating group) is 1. The minimum atomic E-state index is -0.202. The molecule has 2 aromatic rings. The molecule has 0 spiro atoms. The van der Waals surface area contributed by atoms with Crippen LogP contribution < -0.4 is 5.73 Å². The number of anilines is 1. The van der Waals surface area contributed by atoms with Crippen molar-refractivity contribution >= 4 is 17.2 Å². The van der Waals surface area contributed by atoms with Crippen LogP contribution in [0.2, 0.25) is 0 Å². The predicted octanol–water partition coefficient (Wildman–Crippen LogP) is 1.79. The van der Waals surface area contributed by atoms with Gasteiger partial charge in [-0.3, -0.25) is 4.79 Å². The topological polar surface area (TPSA) is 95.0 Å². The molecular weight excluding hydrogens is 322 g/mol. The van der Waals surface area contributed by atoms with Crippen LogP contribution in [0.3, 0.4) is 0 Å². The summed E-state index contributed by atoms with van der Waals surface area (Å²) >= 11 is 0. The van der Waals surface area contributed by atoms with Crippen molar-refractivity contribution in [1.29, 1.82) is 0 Å². The Bertz CT molecular complexity index is 814. The summed E-state index contributed by atoms with van der Waals surface area (Å²) in [6.07, 6.45) is 4.20. The van der Waals surface area contributed by atoms with Crippen LogP contribution in [0.5, 0.6) is 0 Å². The molecule has 3 rings (SSSR count). The van der Waals surface area contributed by atoms with E-state index >= 15 is 0 Å². The van der Waals surface area contributed by atoms with Crippen molar-refractivity contribution in [2.45, 2.75) is 26.4 Å². The molecule has 8 heteroatoms. The number of nitrogens with zero attached hydrogens (tertiary/aromatic N) is 4. The molecule has 0 bridgehead atoms. The van der Waals surface area contributed by atoms with Crippen molar-refractivity contribution in [3.8, 4) is 0 Å². The fraction of sp³-hybridized carbons (Fsp3) is 0.471. The molecular formula is C17H23N5O3. The number of ether oxygens (including phenoxy) is 2. The summed E-state index contributed by atoms with van der Waals surface area (Å²) in [6.45, 7) is 5.42. The maximum absolute atomic E-state index is 12.7. The normalized spacial score (nSPS) is 16.8. The van der Waals surface area contributed by atoms with E-state index in [1.807, 2.05) is 19.9 Å². The minimum Gasteiger partial charge on any atom is -0.487 e. The number of methoxy groups -OCH3 is 1. The van der Waals surface area contributed by atoms with E-state index in [2.05, 4.69) is 10.1 Å². The average molecular weight is 345 g/mol. The number of rotatable bonds is 6. The standard InChI is InChI=1S/C17H23N5O3/c1-4-21(7-8-24-3)17(23)12-9-13(18)16-19-15(20-22(16)10-12)14-6-5-11(2)25-14/h5,9-10,14H,4,6-8,18H2,1-3H3. The van der Waals surface area contributed by atoms with Gasteiger partial charge in [0, 0.05) is 32.8 Å². The van der Waals surface area contributed by atoms with E-state index in [1.165, 1.54) is 0 Å². The van der Waals surface area contributed by atoms with Gasteiger partial charge in [-0.1, -0.05) is 0 Å². The van der Waals surface area contributed by atoms with Crippen molar-refractivity contribution in [3.63, 3.8) is 0 Å². The maximum atomic E-state index is 12.7. The molecule has 25 heavy (non-hydrogen) atoms. The molecule has 0 saturated heterocycles. The summed E-state index contributed by atoms with van der Waals surface area (Å²) in [6, 6.07) is 1.64. The van der Waals surface area contributed by atoms with Gasteiger partial charge in [-0.05, 0) is 26.0 Å². The summed E-state index contributed by atoms with van der Waals surface area (Å²) in [4.78, 5) is 18.9. The second kappa shape index (κ2) is 7.10. The van der Waals surface area contributed by atoms with Crippen LogP contribution in [0.4, 0.5) is 5.69 Å². The summed E-state index contributed by atoms with van der Waals surface area (Å²) in [5.74, 6) is 1.32. The van der Waals surface area contributed by atoms with Gasteiger partial charge < -0.3 is 20.1 Å². The average Bonchev–Trinajstić information content (AvgIpc) is 3.21. The summed E-state index contributed by atoms with van der Waals surface area (Å²) in [5, 5.41) is 4.45. The number of hydrogen-bond acceptors (Lipinski definition) is 6. The fourth-order valence-corrected chi connectivity index (χ4v) is 2.82. The molecule has 8 nitrogen and oxygen atoms in total. The van der Waals surface area contributed by atoms with E-state index in [0.717, 1.165) is 12.2 Å². The molecule has 134 valence electrons. The van der Waals surface area contributed by atoms with E-state index in [0.29, 0.717) is 42.4 Å². The quantitative estimate of drug-likeness (QED) is 0.857. The largest absolute Gasteiger partial charge is 0.487 e. The summed E-state index contributed by atoms with van der Waals surface area (Å²) < 4.78 is 12.3. The number of pyridine rings is 1. The number of allylic oxidation sites excluding steroid dienone is 1. The molecule has 1 aliphatic rings. The third kappa shape index (κ3) is 3.43. The molecule has 0 radical (unpaired) electrons. The van der Waals surface area contributed by atoms with E-state index in [4.69, 9.17) is 15.2 Å². The highest BCUT2D eigenvalue weighted by atomic mass is 16.5. The Kier molecular flexibility index (Phi) is 4.89. The van der Waals surface area contributed by atoms with Gasteiger partial charge in [-0.2, -0.15) is 0 Å². The second-order valence-electron chi connectivity index (χ2n) is 5.96. The smallest absolute Gasteiger partial charge is 0.255 e. The third-order valence-corrected chi connectivity index (χ3v) is 4.19. The SMILES string of the molecule is CCN(CCOC)C(=O)c1cc(N)c2nc(C3CC=C(C)O3)nn2c1. The molecule has 0 fully saturated rings. The zero-order valence-electron chi connectivity index (χ0n) is 14.7. The monoisotopic (exact) mass is 345 g/mol. The van der Waals surface area contributed by atoms with Gasteiger partial charge in [0.1, 0.15) is 0 Å². The number of hydrogen-bond donors (Lipinski definition) is 1. The lowest BCUT2D eigenvalue weighted by Crippen LogP contribution is -2.33. The van der Waals surface area contributed by atoms with Crippen LogP contribution in [0.15, 0.2) is 24.1 Å². The molecule has 0 saturated carbocycles. The number of carbonyl (C=O) groups excluding carboxylic acids is 1. The minimum absolute atomic E-state index is 0.111. The molecule has 3 heterocycles. The van der Waals surface area contributed by atoms with Gasteiger partial charge in [-0.25, -0.2) is 9.50 Å². The molecule has 2 aromatic heterocycles. The zero-order valence-corrected chi connectivity index (χ0v) is 14.7. The lowest BCUT2D eigenvalue weighted by molar-refractivity contribution is 0.0706. The van der Waals surface area contributed by atoms with E-state index in [1.54, 1.807) is 28.8 Å². The number of fused-ring (bicyclic) bond motifs is 1. The van der Waals surface area contributed by atoms with Crippen LogP contribution >= 0.6 is 0 Å². The second-order valence-corrected chi connectivity index (χ2v) is 5.96. The van der Waals surface area contributed by atoms with Crippen LogP contribution in [0, 0.1) is 0 Å². The Morgan fingerprint density at radius 1 is 1.56 bits per heavy atom. The first kappa shape index (κ1) is 17.2. The van der Waals surface area contributed by atoms with Crippen LogP contribution in [0.1, 0.15) is 42.6 Å². The van der Waals surface area contributed by atoms with Gasteiger partial charge >= 0.3 is 0 Å². The summed E-state index contributed by atoms with van der Waals surface area (Å²) in [7, 11) is 1.61. The molecule has 0 aromatic carbocycles. The Morgan fingerprint density at radius 3 is 3.00 bits per heavy atom. The highest BCUT2D eigenvalue weighted by molar-refractivity contribution is 5.95. The lowest BCUT2D eigenvalue weighted by Gasteiger charge is -2.20. The van der Waals surface area contributed by atoms with Gasteiger partial charge in [0.15, 0.2) is 17.6 Å². The van der Waals surface area contributed by atoms with Crippen molar-refractivity contribution in [3.05, 3.63) is 35.5 Å². The fourth-order valence-electron chi connectivity index (χ4n) is 2.82. The first-order valence-electron chi connectivity index (χ1n) is 8.31. The summed E-state index contributed by atoms with van der Waals surface area (Å²) in [5.41, 5.74) is 7.52. The van der Waals surface area contributed by atoms with Gasteiger partial charge in [-0.15, -0.1) is 5.10 Å². The zero-order chi connectivity index (χ0) is 18.0. The third-order valence-electron chi connectivity index (χ3n) is 4.19. The van der Waals surface area contributed by atoms with Gasteiger partial charge in [0.2, 0.25) is 0 Å². The van der Waals surface area contributed by atoms with Crippen LogP contribution in [0.25, 0.3) is 5.65 Å².